The number of hydrogen-bond acceptors (Lipinski definition) is 4. The van der Waals surface area contributed by atoms with E-state index < -0.39 is 15.6 Å². The number of rotatable bonds is 4. The second-order valence-electron chi connectivity index (χ2n) is 4.63. The summed E-state index contributed by atoms with van der Waals surface area (Å²) in [6.45, 7) is 5.66. The van der Waals surface area contributed by atoms with Crippen LogP contribution in [0.3, 0.4) is 0 Å². The van der Waals surface area contributed by atoms with Crippen molar-refractivity contribution in [1.29, 1.82) is 5.26 Å². The van der Waals surface area contributed by atoms with Crippen molar-refractivity contribution in [2.75, 3.05) is 7.05 Å². The fourth-order valence-electron chi connectivity index (χ4n) is 1.31. The fourth-order valence-corrected chi connectivity index (χ4v) is 2.83. The lowest BCUT2D eigenvalue weighted by Gasteiger charge is -2.33. The summed E-state index contributed by atoms with van der Waals surface area (Å²) in [5, 5.41) is 8.64. The highest BCUT2D eigenvalue weighted by Gasteiger charge is 2.32. The highest BCUT2D eigenvalue weighted by molar-refractivity contribution is 7.89. The summed E-state index contributed by atoms with van der Waals surface area (Å²) in [4.78, 5) is 3.89. The molecule has 98 valence electrons. The molecule has 0 saturated heterocycles. The monoisotopic (exact) mass is 267 g/mol. The average molecular weight is 267 g/mol. The molecule has 0 unspecified atom stereocenters. The molecule has 0 fully saturated rings. The molecule has 0 saturated carbocycles. The van der Waals surface area contributed by atoms with Crippen molar-refractivity contribution in [3.8, 4) is 6.07 Å². The Morgan fingerprint density at radius 3 is 2.44 bits per heavy atom. The fraction of sp³-hybridized carbons (Fsp3) is 0.500. The molecule has 0 radical (unpaired) electrons. The van der Waals surface area contributed by atoms with Crippen molar-refractivity contribution in [2.45, 2.75) is 37.6 Å². The van der Waals surface area contributed by atoms with Crippen LogP contribution >= 0.6 is 0 Å². The molecule has 0 aliphatic rings. The van der Waals surface area contributed by atoms with Gasteiger partial charge in [0.25, 0.3) is 0 Å². The number of aromatic nitrogens is 1. The predicted molar refractivity (Wildman–Crippen MR) is 68.3 cm³/mol. The standard InChI is InChI=1S/C12H17N3O2S/c1-5-12(2,3)15(4)18(16,17)11-7-6-10(8-13)14-9-11/h6-7,9H,5H2,1-4H3. The van der Waals surface area contributed by atoms with Crippen molar-refractivity contribution in [2.24, 2.45) is 0 Å². The molecule has 1 rings (SSSR count). The van der Waals surface area contributed by atoms with Crippen LogP contribution in [0.15, 0.2) is 23.2 Å². The first kappa shape index (κ1) is 14.6. The largest absolute Gasteiger partial charge is 0.244 e. The first-order valence-corrected chi connectivity index (χ1v) is 7.05. The summed E-state index contributed by atoms with van der Waals surface area (Å²) < 4.78 is 26.0. The predicted octanol–water partition coefficient (Wildman–Crippen LogP) is 1.76. The van der Waals surface area contributed by atoms with Crippen molar-refractivity contribution < 1.29 is 8.42 Å². The molecule has 1 heterocycles. The van der Waals surface area contributed by atoms with Crippen LogP contribution in [-0.4, -0.2) is 30.3 Å². The summed E-state index contributed by atoms with van der Waals surface area (Å²) >= 11 is 0. The van der Waals surface area contributed by atoms with Crippen molar-refractivity contribution in [3.05, 3.63) is 24.0 Å². The van der Waals surface area contributed by atoms with Crippen molar-refractivity contribution in [3.63, 3.8) is 0 Å². The minimum Gasteiger partial charge on any atom is -0.244 e. The van der Waals surface area contributed by atoms with Gasteiger partial charge in [0.2, 0.25) is 10.0 Å². The Balaban J connectivity index is 3.18. The van der Waals surface area contributed by atoms with E-state index in [9.17, 15) is 8.42 Å². The summed E-state index contributed by atoms with van der Waals surface area (Å²) in [6, 6.07) is 4.67. The molecule has 5 nitrogen and oxygen atoms in total. The molecule has 0 bridgehead atoms. The van der Waals surface area contributed by atoms with Crippen LogP contribution in [0.5, 0.6) is 0 Å². The maximum Gasteiger partial charge on any atom is 0.244 e. The van der Waals surface area contributed by atoms with Gasteiger partial charge in [0.05, 0.1) is 0 Å². The molecule has 0 N–H and O–H groups in total. The zero-order valence-electron chi connectivity index (χ0n) is 11.0. The average Bonchev–Trinajstić information content (AvgIpc) is 2.37. The molecular weight excluding hydrogens is 250 g/mol. The molecule has 1 aromatic heterocycles. The minimum atomic E-state index is -3.57. The van der Waals surface area contributed by atoms with Gasteiger partial charge in [-0.3, -0.25) is 0 Å². The van der Waals surface area contributed by atoms with Crippen molar-refractivity contribution in [1.82, 2.24) is 9.29 Å². The zero-order chi connectivity index (χ0) is 14.0. The van der Waals surface area contributed by atoms with Gasteiger partial charge >= 0.3 is 0 Å². The van der Waals surface area contributed by atoms with E-state index in [0.717, 1.165) is 0 Å². The maximum atomic E-state index is 12.3. The van der Waals surface area contributed by atoms with E-state index in [1.54, 1.807) is 7.05 Å². The van der Waals surface area contributed by atoms with Crippen LogP contribution in [0, 0.1) is 11.3 Å². The van der Waals surface area contributed by atoms with Crippen LogP contribution in [-0.2, 0) is 10.0 Å². The summed E-state index contributed by atoms with van der Waals surface area (Å²) in [5.74, 6) is 0. The van der Waals surface area contributed by atoms with E-state index in [4.69, 9.17) is 5.26 Å². The summed E-state index contributed by atoms with van der Waals surface area (Å²) in [6.07, 6.45) is 1.92. The van der Waals surface area contributed by atoms with Gasteiger partial charge in [0.15, 0.2) is 0 Å². The third-order valence-electron chi connectivity index (χ3n) is 3.23. The molecule has 18 heavy (non-hydrogen) atoms. The molecule has 0 aliphatic carbocycles. The lowest BCUT2D eigenvalue weighted by molar-refractivity contribution is 0.257. The molecule has 0 atom stereocenters. The minimum absolute atomic E-state index is 0.102. The van der Waals surface area contributed by atoms with E-state index in [2.05, 4.69) is 4.98 Å². The first-order chi connectivity index (χ1) is 8.25. The summed E-state index contributed by atoms with van der Waals surface area (Å²) in [7, 11) is -2.02. The Labute approximate surface area is 108 Å². The molecule has 1 aromatic rings. The van der Waals surface area contributed by atoms with E-state index in [0.29, 0.717) is 6.42 Å². The van der Waals surface area contributed by atoms with Gasteiger partial charge in [0.1, 0.15) is 16.7 Å². The molecule has 0 aliphatic heterocycles. The van der Waals surface area contributed by atoms with E-state index in [1.807, 2.05) is 26.8 Å². The van der Waals surface area contributed by atoms with Crippen LogP contribution in [0.25, 0.3) is 0 Å². The Kier molecular flexibility index (Phi) is 4.09. The van der Waals surface area contributed by atoms with Gasteiger partial charge in [-0.15, -0.1) is 0 Å². The van der Waals surface area contributed by atoms with Crippen LogP contribution in [0.4, 0.5) is 0 Å². The van der Waals surface area contributed by atoms with Crippen LogP contribution < -0.4 is 0 Å². The maximum absolute atomic E-state index is 12.3. The Hall–Kier alpha value is -1.45. The van der Waals surface area contributed by atoms with Gasteiger partial charge < -0.3 is 0 Å². The van der Waals surface area contributed by atoms with Gasteiger partial charge in [-0.25, -0.2) is 13.4 Å². The number of nitriles is 1. The van der Waals surface area contributed by atoms with E-state index in [1.165, 1.54) is 22.6 Å². The lowest BCUT2D eigenvalue weighted by atomic mass is 10.0. The van der Waals surface area contributed by atoms with Gasteiger partial charge in [-0.1, -0.05) is 6.92 Å². The molecule has 0 spiro atoms. The van der Waals surface area contributed by atoms with Gasteiger partial charge in [0, 0.05) is 18.8 Å². The highest BCUT2D eigenvalue weighted by atomic mass is 32.2. The molecule has 6 heteroatoms. The number of nitrogens with zero attached hydrogens (tertiary/aromatic N) is 3. The number of pyridine rings is 1. The molecule has 0 amide bonds. The first-order valence-electron chi connectivity index (χ1n) is 5.61. The molecular formula is C12H17N3O2S. The highest BCUT2D eigenvalue weighted by Crippen LogP contribution is 2.24. The quantitative estimate of drug-likeness (QED) is 0.833. The summed E-state index contributed by atoms with van der Waals surface area (Å²) in [5.41, 5.74) is -0.265. The zero-order valence-corrected chi connectivity index (χ0v) is 11.8. The smallest absolute Gasteiger partial charge is 0.244 e. The van der Waals surface area contributed by atoms with Gasteiger partial charge in [-0.2, -0.15) is 9.57 Å². The van der Waals surface area contributed by atoms with Gasteiger partial charge in [-0.05, 0) is 32.4 Å². The SMILES string of the molecule is CCC(C)(C)N(C)S(=O)(=O)c1ccc(C#N)nc1. The number of sulfonamides is 1. The molecule has 0 aromatic carbocycles. The van der Waals surface area contributed by atoms with E-state index >= 15 is 0 Å². The van der Waals surface area contributed by atoms with Crippen LogP contribution in [0.1, 0.15) is 32.9 Å². The topological polar surface area (TPSA) is 74.1 Å². The Morgan fingerprint density at radius 1 is 1.44 bits per heavy atom. The van der Waals surface area contributed by atoms with E-state index in [-0.39, 0.29) is 10.6 Å². The van der Waals surface area contributed by atoms with Crippen LogP contribution in [0.2, 0.25) is 0 Å². The normalized spacial score (nSPS) is 12.4. The third-order valence-corrected chi connectivity index (χ3v) is 5.28. The lowest BCUT2D eigenvalue weighted by Crippen LogP contribution is -2.44. The second kappa shape index (κ2) is 5.04. The Bertz CT molecular complexity index is 556. The number of hydrogen-bond donors (Lipinski definition) is 0. The Morgan fingerprint density at radius 2 is 2.06 bits per heavy atom. The van der Waals surface area contributed by atoms with Crippen molar-refractivity contribution >= 4 is 10.0 Å². The third kappa shape index (κ3) is 2.68. The second-order valence-corrected chi connectivity index (χ2v) is 6.60.